The van der Waals surface area contributed by atoms with Crippen molar-refractivity contribution in [3.05, 3.63) is 38.1 Å². The lowest BCUT2D eigenvalue weighted by molar-refractivity contribution is 0.913. The van der Waals surface area contributed by atoms with E-state index in [4.69, 9.17) is 11.6 Å². The van der Waals surface area contributed by atoms with Crippen LogP contribution in [0.1, 0.15) is 0 Å². The van der Waals surface area contributed by atoms with Gasteiger partial charge < -0.3 is 4.98 Å². The summed E-state index contributed by atoms with van der Waals surface area (Å²) in [5.74, 6) is 0. The fourth-order valence-corrected chi connectivity index (χ4v) is 1.04. The molecule has 1 aromatic rings. The van der Waals surface area contributed by atoms with E-state index < -0.39 is 11.2 Å². The molecule has 64 valence electrons. The second-order valence-corrected chi connectivity index (χ2v) is 2.73. The second-order valence-electron chi connectivity index (χ2n) is 1.89. The van der Waals surface area contributed by atoms with Gasteiger partial charge in [-0.05, 0) is 0 Å². The summed E-state index contributed by atoms with van der Waals surface area (Å²) in [4.78, 5) is 25.6. The fourth-order valence-electron chi connectivity index (χ4n) is 0.674. The number of aromatic amines is 1. The third-order valence-corrected chi connectivity index (χ3v) is 2.14. The van der Waals surface area contributed by atoms with Gasteiger partial charge in [-0.2, -0.15) is 0 Å². The van der Waals surface area contributed by atoms with Crippen LogP contribution in [0.5, 0.6) is 0 Å². The van der Waals surface area contributed by atoms with Crippen molar-refractivity contribution in [2.24, 2.45) is 0 Å². The minimum absolute atomic E-state index is 0.0156. The monoisotopic (exact) mass is 250 g/mol. The first-order chi connectivity index (χ1) is 5.66. The summed E-state index contributed by atoms with van der Waals surface area (Å²) in [6.07, 6.45) is 1.26. The Hall–Kier alpha value is -0.810. The van der Waals surface area contributed by atoms with Crippen LogP contribution < -0.4 is 11.2 Å². The van der Waals surface area contributed by atoms with Crippen LogP contribution in [0.25, 0.3) is 5.16 Å². The maximum Gasteiger partial charge on any atom is 0.333 e. The molecule has 1 heterocycles. The molecule has 0 aliphatic rings. The molecule has 1 rings (SSSR count). The topological polar surface area (TPSA) is 54.9 Å². The molecule has 0 bridgehead atoms. The summed E-state index contributed by atoms with van der Waals surface area (Å²) >= 11 is 8.47. The van der Waals surface area contributed by atoms with Crippen LogP contribution in [-0.2, 0) is 0 Å². The van der Waals surface area contributed by atoms with Crippen molar-refractivity contribution in [2.45, 2.75) is 0 Å². The normalized spacial score (nSPS) is 11.7. The molecule has 1 N–H and O–H groups in total. The lowest BCUT2D eigenvalue weighted by atomic mass is 10.6. The third kappa shape index (κ3) is 1.67. The van der Waals surface area contributed by atoms with Gasteiger partial charge in [0.1, 0.15) is 5.16 Å². The van der Waals surface area contributed by atoms with Gasteiger partial charge in [-0.25, -0.2) is 9.36 Å². The highest BCUT2D eigenvalue weighted by Crippen LogP contribution is 2.05. The van der Waals surface area contributed by atoms with E-state index in [-0.39, 0.29) is 5.16 Å². The molecule has 0 aliphatic heterocycles. The van der Waals surface area contributed by atoms with Gasteiger partial charge in [0.2, 0.25) is 0 Å². The quantitative estimate of drug-likeness (QED) is 0.807. The molecule has 4 nitrogen and oxygen atoms in total. The lowest BCUT2D eigenvalue weighted by Gasteiger charge is -1.97. The number of hydrogen-bond donors (Lipinski definition) is 1. The Morgan fingerprint density at radius 1 is 1.67 bits per heavy atom. The van der Waals surface area contributed by atoms with Crippen LogP contribution >= 0.6 is 27.5 Å². The number of aromatic nitrogens is 2. The van der Waals surface area contributed by atoms with Gasteiger partial charge in [-0.3, -0.25) is 4.79 Å². The largest absolute Gasteiger partial charge is 0.333 e. The maximum atomic E-state index is 11.0. The molecule has 0 aliphatic carbocycles. The molecule has 0 saturated heterocycles. The zero-order chi connectivity index (χ0) is 9.14. The number of hydrogen-bond acceptors (Lipinski definition) is 2. The third-order valence-electron chi connectivity index (χ3n) is 1.16. The highest BCUT2D eigenvalue weighted by atomic mass is 79.9. The Morgan fingerprint density at radius 2 is 2.33 bits per heavy atom. The lowest BCUT2D eigenvalue weighted by Crippen LogP contribution is -2.31. The molecule has 0 unspecified atom stereocenters. The zero-order valence-electron chi connectivity index (χ0n) is 5.75. The molecule has 0 atom stereocenters. The van der Waals surface area contributed by atoms with E-state index in [2.05, 4.69) is 20.9 Å². The van der Waals surface area contributed by atoms with Crippen molar-refractivity contribution < 1.29 is 0 Å². The molecule has 0 saturated carbocycles. The number of nitrogens with one attached hydrogen (secondary N) is 1. The molecular formula is C6H4BrClN2O2. The molecular weight excluding hydrogens is 247 g/mol. The van der Waals surface area contributed by atoms with Crippen LogP contribution in [0, 0.1) is 0 Å². The van der Waals surface area contributed by atoms with E-state index in [0.29, 0.717) is 0 Å². The first-order valence-corrected chi connectivity index (χ1v) is 4.23. The highest BCUT2D eigenvalue weighted by molar-refractivity contribution is 9.11. The Kier molecular flexibility index (Phi) is 2.88. The van der Waals surface area contributed by atoms with Crippen LogP contribution in [0.2, 0.25) is 0 Å². The molecule has 0 spiro atoms. The molecule has 0 amide bonds. The van der Waals surface area contributed by atoms with E-state index in [0.717, 1.165) is 4.57 Å². The predicted octanol–water partition coefficient (Wildman–Crippen LogP) is 0.926. The summed E-state index contributed by atoms with van der Waals surface area (Å²) < 4.78 is 0.802. The molecule has 0 fully saturated rings. The van der Waals surface area contributed by atoms with Crippen molar-refractivity contribution in [1.82, 2.24) is 9.55 Å². The molecule has 0 aromatic carbocycles. The van der Waals surface area contributed by atoms with E-state index in [1.54, 1.807) is 0 Å². The van der Waals surface area contributed by atoms with Crippen LogP contribution in [-0.4, -0.2) is 9.55 Å². The van der Waals surface area contributed by atoms with Gasteiger partial charge in [0.05, 0.1) is 0 Å². The van der Waals surface area contributed by atoms with Crippen LogP contribution in [0.4, 0.5) is 0 Å². The SMILES string of the molecule is O=c1cc[nH]c(=O)n1C(Cl)=CBr. The second kappa shape index (κ2) is 3.73. The molecule has 12 heavy (non-hydrogen) atoms. The van der Waals surface area contributed by atoms with Crippen molar-refractivity contribution >= 4 is 32.7 Å². The standard InChI is InChI=1S/C6H4BrClN2O2/c7-3-4(8)10-5(11)1-2-9-6(10)12/h1-3H,(H,9,12). The van der Waals surface area contributed by atoms with Gasteiger partial charge >= 0.3 is 5.69 Å². The first kappa shape index (κ1) is 9.28. The fraction of sp³-hybridized carbons (Fsp3) is 0. The van der Waals surface area contributed by atoms with E-state index in [1.165, 1.54) is 17.2 Å². The Bertz CT molecular complexity index is 392. The summed E-state index contributed by atoms with van der Waals surface area (Å²) in [6, 6.07) is 1.21. The molecule has 6 heteroatoms. The van der Waals surface area contributed by atoms with Crippen molar-refractivity contribution in [3.63, 3.8) is 0 Å². The van der Waals surface area contributed by atoms with E-state index in [9.17, 15) is 9.59 Å². The molecule has 1 aromatic heterocycles. The summed E-state index contributed by atoms with van der Waals surface area (Å²) in [5.41, 5.74) is -1.04. The Labute approximate surface area is 80.6 Å². The number of nitrogens with zero attached hydrogens (tertiary/aromatic N) is 1. The van der Waals surface area contributed by atoms with Crippen LogP contribution in [0.15, 0.2) is 26.8 Å². The zero-order valence-corrected chi connectivity index (χ0v) is 8.09. The van der Waals surface area contributed by atoms with Gasteiger partial charge in [-0.15, -0.1) is 0 Å². The van der Waals surface area contributed by atoms with Crippen LogP contribution in [0.3, 0.4) is 0 Å². The van der Waals surface area contributed by atoms with Gasteiger partial charge in [0, 0.05) is 17.2 Å². The van der Waals surface area contributed by atoms with Crippen molar-refractivity contribution in [2.75, 3.05) is 0 Å². The first-order valence-electron chi connectivity index (χ1n) is 2.94. The minimum Gasteiger partial charge on any atom is -0.314 e. The van der Waals surface area contributed by atoms with E-state index >= 15 is 0 Å². The number of rotatable bonds is 1. The van der Waals surface area contributed by atoms with E-state index in [1.807, 2.05) is 0 Å². The molecule has 0 radical (unpaired) electrons. The van der Waals surface area contributed by atoms with Gasteiger partial charge in [0.15, 0.2) is 0 Å². The average molecular weight is 251 g/mol. The Balaban J connectivity index is 3.53. The smallest absolute Gasteiger partial charge is 0.314 e. The predicted molar refractivity (Wildman–Crippen MR) is 50.4 cm³/mol. The van der Waals surface area contributed by atoms with Crippen molar-refractivity contribution in [3.8, 4) is 0 Å². The number of H-pyrrole nitrogens is 1. The maximum absolute atomic E-state index is 11.0. The van der Waals surface area contributed by atoms with Crippen molar-refractivity contribution in [1.29, 1.82) is 0 Å². The Morgan fingerprint density at radius 3 is 2.83 bits per heavy atom. The average Bonchev–Trinajstić information content (AvgIpc) is 2.03. The summed E-state index contributed by atoms with van der Waals surface area (Å²) in [7, 11) is 0. The number of halogens is 2. The summed E-state index contributed by atoms with van der Waals surface area (Å²) in [6.45, 7) is 0. The van der Waals surface area contributed by atoms with Gasteiger partial charge in [0.25, 0.3) is 5.56 Å². The minimum atomic E-state index is -0.566. The highest BCUT2D eigenvalue weighted by Gasteiger charge is 2.01. The summed E-state index contributed by atoms with van der Waals surface area (Å²) in [5, 5.41) is 0.0156. The van der Waals surface area contributed by atoms with Gasteiger partial charge in [-0.1, -0.05) is 27.5 Å².